The predicted octanol–water partition coefficient (Wildman–Crippen LogP) is -0.388. The Bertz CT molecular complexity index is 504. The van der Waals surface area contributed by atoms with Crippen molar-refractivity contribution in [2.45, 2.75) is 5.92 Å². The first-order valence-corrected chi connectivity index (χ1v) is 4.65. The van der Waals surface area contributed by atoms with Gasteiger partial charge in [0.2, 0.25) is 5.91 Å². The number of hydrogen-bond acceptors (Lipinski definition) is 4. The van der Waals surface area contributed by atoms with Crippen molar-refractivity contribution in [2.24, 2.45) is 5.92 Å². The first kappa shape index (κ1) is 10.2. The highest BCUT2D eigenvalue weighted by atomic mass is 16.4. The van der Waals surface area contributed by atoms with E-state index in [9.17, 15) is 14.7 Å². The lowest BCUT2D eigenvalue weighted by Crippen LogP contribution is -2.36. The van der Waals surface area contributed by atoms with E-state index >= 15 is 0 Å². The lowest BCUT2D eigenvalue weighted by molar-refractivity contribution is -0.309. The molecule has 1 aromatic rings. The molecule has 0 unspecified atom stereocenters. The summed E-state index contributed by atoms with van der Waals surface area (Å²) in [6, 6.07) is 8.30. The molecule has 2 atom stereocenters. The number of para-hydroxylation sites is 1. The van der Waals surface area contributed by atoms with Crippen LogP contribution < -0.4 is 10.4 Å². The van der Waals surface area contributed by atoms with E-state index in [0.717, 1.165) is 0 Å². The van der Waals surface area contributed by atoms with Gasteiger partial charge in [0, 0.05) is 5.69 Å². The van der Waals surface area contributed by atoms with Gasteiger partial charge in [-0.1, -0.05) is 18.2 Å². The molecule has 1 amide bonds. The first-order chi connectivity index (χ1) is 7.65. The number of anilines is 1. The Morgan fingerprint density at radius 1 is 1.50 bits per heavy atom. The van der Waals surface area contributed by atoms with E-state index in [1.807, 2.05) is 0 Å². The van der Waals surface area contributed by atoms with Crippen LogP contribution >= 0.6 is 0 Å². The van der Waals surface area contributed by atoms with Crippen LogP contribution in [0.5, 0.6) is 0 Å². The van der Waals surface area contributed by atoms with Gasteiger partial charge in [-0.3, -0.25) is 4.79 Å². The van der Waals surface area contributed by atoms with Crippen LogP contribution in [0, 0.1) is 17.2 Å². The number of nitrogens with zero attached hydrogens (tertiary/aromatic N) is 1. The fourth-order valence-corrected chi connectivity index (χ4v) is 1.83. The molecule has 5 heteroatoms. The standard InChI is InChI=1S/C11H8N2O3/c12-5-7(11(15)16)9-6-3-1-2-4-8(6)13-10(9)14/h1-4,7,9H,(H,13,14)(H,15,16)/p-1/t7-,9+/m0/s1. The molecule has 0 aliphatic carbocycles. The third kappa shape index (κ3) is 1.41. The topological polar surface area (TPSA) is 93.0 Å². The molecule has 2 rings (SSSR count). The highest BCUT2D eigenvalue weighted by Gasteiger charge is 2.37. The van der Waals surface area contributed by atoms with Gasteiger partial charge in [-0.25, -0.2) is 0 Å². The zero-order valence-electron chi connectivity index (χ0n) is 8.14. The maximum absolute atomic E-state index is 11.6. The van der Waals surface area contributed by atoms with Crippen LogP contribution in [0.4, 0.5) is 5.69 Å². The van der Waals surface area contributed by atoms with Gasteiger partial charge in [-0.15, -0.1) is 0 Å². The van der Waals surface area contributed by atoms with E-state index in [2.05, 4.69) is 5.32 Å². The second-order valence-electron chi connectivity index (χ2n) is 3.48. The zero-order chi connectivity index (χ0) is 11.7. The van der Waals surface area contributed by atoms with Crippen molar-refractivity contribution in [2.75, 3.05) is 5.32 Å². The van der Waals surface area contributed by atoms with Gasteiger partial charge in [0.15, 0.2) is 0 Å². The van der Waals surface area contributed by atoms with Gasteiger partial charge in [0.25, 0.3) is 0 Å². The van der Waals surface area contributed by atoms with Gasteiger partial charge >= 0.3 is 0 Å². The Hall–Kier alpha value is -2.35. The Morgan fingerprint density at radius 3 is 2.81 bits per heavy atom. The van der Waals surface area contributed by atoms with E-state index in [1.165, 1.54) is 0 Å². The molecule has 0 saturated carbocycles. The fourth-order valence-electron chi connectivity index (χ4n) is 1.83. The van der Waals surface area contributed by atoms with Crippen molar-refractivity contribution >= 4 is 17.6 Å². The van der Waals surface area contributed by atoms with Gasteiger partial charge in [0.1, 0.15) is 5.92 Å². The van der Waals surface area contributed by atoms with Gasteiger partial charge < -0.3 is 15.2 Å². The van der Waals surface area contributed by atoms with Crippen LogP contribution in [0.3, 0.4) is 0 Å². The average molecular weight is 215 g/mol. The molecule has 1 aromatic carbocycles. The minimum Gasteiger partial charge on any atom is -0.549 e. The van der Waals surface area contributed by atoms with Crippen LogP contribution in [0.15, 0.2) is 24.3 Å². The van der Waals surface area contributed by atoms with Crippen molar-refractivity contribution in [1.29, 1.82) is 5.26 Å². The second kappa shape index (κ2) is 3.66. The molecular formula is C11H7N2O3-. The van der Waals surface area contributed by atoms with Crippen molar-refractivity contribution in [3.63, 3.8) is 0 Å². The SMILES string of the molecule is N#C[C@H](C(=O)[O-])[C@@H]1C(=O)Nc2ccccc21. The van der Waals surface area contributed by atoms with Crippen LogP contribution in [0.1, 0.15) is 11.5 Å². The number of nitrogens with one attached hydrogen (secondary N) is 1. The summed E-state index contributed by atoms with van der Waals surface area (Å²) in [4.78, 5) is 22.3. The second-order valence-corrected chi connectivity index (χ2v) is 3.48. The molecule has 0 bridgehead atoms. The summed E-state index contributed by atoms with van der Waals surface area (Å²) in [5.41, 5.74) is 1.09. The molecule has 80 valence electrons. The molecular weight excluding hydrogens is 208 g/mol. The summed E-state index contributed by atoms with van der Waals surface area (Å²) in [6.07, 6.45) is 0. The van der Waals surface area contributed by atoms with E-state index in [0.29, 0.717) is 11.3 Å². The van der Waals surface area contributed by atoms with Crippen molar-refractivity contribution in [1.82, 2.24) is 0 Å². The van der Waals surface area contributed by atoms with Crippen LogP contribution in [0.25, 0.3) is 0 Å². The monoisotopic (exact) mass is 215 g/mol. The maximum Gasteiger partial charge on any atom is 0.233 e. The lowest BCUT2D eigenvalue weighted by atomic mass is 9.88. The Kier molecular flexibility index (Phi) is 2.33. The Balaban J connectivity index is 2.47. The largest absolute Gasteiger partial charge is 0.549 e. The third-order valence-electron chi connectivity index (χ3n) is 2.56. The summed E-state index contributed by atoms with van der Waals surface area (Å²) in [5, 5.41) is 22.0. The van der Waals surface area contributed by atoms with E-state index < -0.39 is 23.7 Å². The minimum atomic E-state index is -1.53. The van der Waals surface area contributed by atoms with Crippen molar-refractivity contribution < 1.29 is 14.7 Å². The highest BCUT2D eigenvalue weighted by Crippen LogP contribution is 2.36. The molecule has 1 heterocycles. The summed E-state index contributed by atoms with van der Waals surface area (Å²) in [5.74, 6) is -4.44. The smallest absolute Gasteiger partial charge is 0.233 e. The van der Waals surface area contributed by atoms with Gasteiger partial charge in [-0.2, -0.15) is 5.26 Å². The number of carbonyl (C=O) groups is 2. The average Bonchev–Trinajstić information content (AvgIpc) is 2.57. The Labute approximate surface area is 91.3 Å². The molecule has 1 aliphatic rings. The molecule has 0 spiro atoms. The molecule has 5 nitrogen and oxygen atoms in total. The van der Waals surface area contributed by atoms with Gasteiger partial charge in [-0.05, 0) is 11.6 Å². The number of hydrogen-bond donors (Lipinski definition) is 1. The number of carboxylic acids is 1. The number of aliphatic carboxylic acids is 1. The van der Waals surface area contributed by atoms with E-state index in [1.54, 1.807) is 30.3 Å². The normalized spacial score (nSPS) is 19.4. The number of fused-ring (bicyclic) bond motifs is 1. The van der Waals surface area contributed by atoms with Crippen LogP contribution in [-0.4, -0.2) is 11.9 Å². The van der Waals surface area contributed by atoms with Crippen molar-refractivity contribution in [3.05, 3.63) is 29.8 Å². The maximum atomic E-state index is 11.6. The number of carboxylic acid groups (broad SMARTS) is 1. The molecule has 0 saturated heterocycles. The van der Waals surface area contributed by atoms with Crippen molar-refractivity contribution in [3.8, 4) is 6.07 Å². The number of nitriles is 1. The molecule has 16 heavy (non-hydrogen) atoms. The number of rotatable bonds is 2. The van der Waals surface area contributed by atoms with Crippen LogP contribution in [0.2, 0.25) is 0 Å². The molecule has 0 radical (unpaired) electrons. The summed E-state index contributed by atoms with van der Waals surface area (Å²) >= 11 is 0. The van der Waals surface area contributed by atoms with E-state index in [-0.39, 0.29) is 0 Å². The first-order valence-electron chi connectivity index (χ1n) is 4.65. The highest BCUT2D eigenvalue weighted by molar-refractivity contribution is 6.05. The van der Waals surface area contributed by atoms with Gasteiger partial charge in [0.05, 0.1) is 18.0 Å². The summed E-state index contributed by atoms with van der Waals surface area (Å²) in [6.45, 7) is 0. The quantitative estimate of drug-likeness (QED) is 0.727. The zero-order valence-corrected chi connectivity index (χ0v) is 8.14. The predicted molar refractivity (Wildman–Crippen MR) is 51.9 cm³/mol. The molecule has 1 aliphatic heterocycles. The summed E-state index contributed by atoms with van der Waals surface area (Å²) < 4.78 is 0. The van der Waals surface area contributed by atoms with Crippen LogP contribution in [-0.2, 0) is 9.59 Å². The number of amides is 1. The fraction of sp³-hybridized carbons (Fsp3) is 0.182. The lowest BCUT2D eigenvalue weighted by Gasteiger charge is -2.15. The van der Waals surface area contributed by atoms with E-state index in [4.69, 9.17) is 5.26 Å². The molecule has 1 N–H and O–H groups in total. The molecule has 0 aromatic heterocycles. The number of carbonyl (C=O) groups excluding carboxylic acids is 2. The Morgan fingerprint density at radius 2 is 2.19 bits per heavy atom. The third-order valence-corrected chi connectivity index (χ3v) is 2.56. The minimum absolute atomic E-state index is 0.475. The number of benzene rings is 1. The molecule has 0 fully saturated rings. The summed E-state index contributed by atoms with van der Waals surface area (Å²) in [7, 11) is 0.